The van der Waals surface area contributed by atoms with Gasteiger partial charge in [0.05, 0.1) is 6.61 Å². The Morgan fingerprint density at radius 1 is 1.54 bits per heavy atom. The first-order valence-corrected chi connectivity index (χ1v) is 4.47. The highest BCUT2D eigenvalue weighted by molar-refractivity contribution is 5.89. The van der Waals surface area contributed by atoms with Crippen molar-refractivity contribution >= 4 is 5.90 Å². The summed E-state index contributed by atoms with van der Waals surface area (Å²) < 4.78 is 5.19. The van der Waals surface area contributed by atoms with Crippen LogP contribution in [0.25, 0.3) is 0 Å². The van der Waals surface area contributed by atoms with Gasteiger partial charge < -0.3 is 4.74 Å². The zero-order chi connectivity index (χ0) is 9.52. The van der Waals surface area contributed by atoms with Crippen molar-refractivity contribution in [2.75, 3.05) is 6.61 Å². The molecule has 0 aliphatic heterocycles. The summed E-state index contributed by atoms with van der Waals surface area (Å²) in [6.45, 7) is 2.69. The van der Waals surface area contributed by atoms with Crippen LogP contribution in [-0.2, 0) is 4.74 Å². The van der Waals surface area contributed by atoms with E-state index in [4.69, 9.17) is 10.1 Å². The highest BCUT2D eigenvalue weighted by Gasteiger charge is 2.01. The lowest BCUT2D eigenvalue weighted by molar-refractivity contribution is 0.294. The van der Waals surface area contributed by atoms with E-state index < -0.39 is 0 Å². The fourth-order valence-electron chi connectivity index (χ4n) is 0.890. The molecule has 0 saturated carbocycles. The number of nitrogens with one attached hydrogen (secondary N) is 1. The minimum atomic E-state index is 0.161. The van der Waals surface area contributed by atoms with Crippen LogP contribution in [0.4, 0.5) is 0 Å². The van der Waals surface area contributed by atoms with Crippen molar-refractivity contribution in [3.63, 3.8) is 0 Å². The molecular formula is C10H14N2O. The topological polar surface area (TPSA) is 46.0 Å². The quantitative estimate of drug-likeness (QED) is 0.436. The first kappa shape index (κ1) is 9.71. The van der Waals surface area contributed by atoms with E-state index in [1.54, 1.807) is 12.3 Å². The standard InChI is InChI=1S/C10H14N2O/c1-2-3-8-13-10(11)9-6-4-5-7-12-9/h4-7,11H,2-3,8H2,1H3. The molecule has 0 bridgehead atoms. The van der Waals surface area contributed by atoms with Gasteiger partial charge in [-0.15, -0.1) is 0 Å². The van der Waals surface area contributed by atoms with Crippen LogP contribution < -0.4 is 0 Å². The summed E-state index contributed by atoms with van der Waals surface area (Å²) in [5.41, 5.74) is 0.596. The zero-order valence-corrected chi connectivity index (χ0v) is 7.79. The number of hydrogen-bond acceptors (Lipinski definition) is 3. The lowest BCUT2D eigenvalue weighted by Gasteiger charge is -2.04. The van der Waals surface area contributed by atoms with Gasteiger partial charge in [-0.1, -0.05) is 19.4 Å². The van der Waals surface area contributed by atoms with E-state index in [2.05, 4.69) is 11.9 Å². The molecule has 70 valence electrons. The average molecular weight is 178 g/mol. The normalized spacial score (nSPS) is 9.62. The Bertz CT molecular complexity index is 259. The van der Waals surface area contributed by atoms with E-state index in [0.717, 1.165) is 12.8 Å². The molecule has 0 aliphatic rings. The molecule has 1 rings (SSSR count). The summed E-state index contributed by atoms with van der Waals surface area (Å²) in [7, 11) is 0. The van der Waals surface area contributed by atoms with Crippen molar-refractivity contribution in [1.82, 2.24) is 4.98 Å². The minimum absolute atomic E-state index is 0.161. The van der Waals surface area contributed by atoms with Gasteiger partial charge in [0, 0.05) is 6.20 Å². The predicted molar refractivity (Wildman–Crippen MR) is 51.9 cm³/mol. The van der Waals surface area contributed by atoms with Crippen LogP contribution in [0.1, 0.15) is 25.5 Å². The van der Waals surface area contributed by atoms with Crippen molar-refractivity contribution in [2.45, 2.75) is 19.8 Å². The molecule has 0 aromatic carbocycles. The third-order valence-corrected chi connectivity index (χ3v) is 1.64. The molecule has 1 aromatic rings. The summed E-state index contributed by atoms with van der Waals surface area (Å²) >= 11 is 0. The van der Waals surface area contributed by atoms with Gasteiger partial charge in [0.15, 0.2) is 0 Å². The van der Waals surface area contributed by atoms with Crippen molar-refractivity contribution in [3.8, 4) is 0 Å². The summed E-state index contributed by atoms with van der Waals surface area (Å²) in [6, 6.07) is 5.44. The summed E-state index contributed by atoms with van der Waals surface area (Å²) in [4.78, 5) is 4.01. The van der Waals surface area contributed by atoms with Gasteiger partial charge in [0.1, 0.15) is 5.69 Å². The molecule has 0 atom stereocenters. The van der Waals surface area contributed by atoms with Crippen LogP contribution in [0.5, 0.6) is 0 Å². The Balaban J connectivity index is 2.40. The van der Waals surface area contributed by atoms with E-state index in [9.17, 15) is 0 Å². The molecule has 1 aromatic heterocycles. The number of hydrogen-bond donors (Lipinski definition) is 1. The maximum atomic E-state index is 7.52. The van der Waals surface area contributed by atoms with Crippen molar-refractivity contribution in [3.05, 3.63) is 30.1 Å². The third kappa shape index (κ3) is 3.23. The second-order valence-electron chi connectivity index (χ2n) is 2.75. The van der Waals surface area contributed by atoms with Gasteiger partial charge >= 0.3 is 0 Å². The molecule has 3 nitrogen and oxygen atoms in total. The van der Waals surface area contributed by atoms with Crippen molar-refractivity contribution in [1.29, 1.82) is 5.41 Å². The van der Waals surface area contributed by atoms with Crippen molar-refractivity contribution < 1.29 is 4.74 Å². The molecule has 0 radical (unpaired) electrons. The van der Waals surface area contributed by atoms with Gasteiger partial charge in [-0.3, -0.25) is 10.4 Å². The van der Waals surface area contributed by atoms with Crippen LogP contribution in [0.15, 0.2) is 24.4 Å². The second-order valence-corrected chi connectivity index (χ2v) is 2.75. The molecule has 13 heavy (non-hydrogen) atoms. The molecule has 1 heterocycles. The van der Waals surface area contributed by atoms with Crippen LogP contribution in [0.2, 0.25) is 0 Å². The van der Waals surface area contributed by atoms with E-state index >= 15 is 0 Å². The van der Waals surface area contributed by atoms with E-state index in [1.807, 2.05) is 12.1 Å². The molecule has 3 heteroatoms. The van der Waals surface area contributed by atoms with Gasteiger partial charge in [0.2, 0.25) is 5.90 Å². The second kappa shape index (κ2) is 5.30. The smallest absolute Gasteiger partial charge is 0.232 e. The average Bonchev–Trinajstić information content (AvgIpc) is 2.19. The van der Waals surface area contributed by atoms with Gasteiger partial charge in [0.25, 0.3) is 0 Å². The van der Waals surface area contributed by atoms with E-state index in [0.29, 0.717) is 12.3 Å². The summed E-state index contributed by atoms with van der Waals surface area (Å²) in [5.74, 6) is 0.161. The molecule has 1 N–H and O–H groups in total. The Labute approximate surface area is 78.3 Å². The van der Waals surface area contributed by atoms with E-state index in [1.165, 1.54) is 0 Å². The Kier molecular flexibility index (Phi) is 3.96. The van der Waals surface area contributed by atoms with Gasteiger partial charge in [-0.2, -0.15) is 0 Å². The zero-order valence-electron chi connectivity index (χ0n) is 7.79. The molecule has 0 aliphatic carbocycles. The number of pyridine rings is 1. The Morgan fingerprint density at radius 3 is 3.00 bits per heavy atom. The molecule has 0 fully saturated rings. The van der Waals surface area contributed by atoms with Crippen LogP contribution in [-0.4, -0.2) is 17.5 Å². The van der Waals surface area contributed by atoms with Crippen LogP contribution >= 0.6 is 0 Å². The largest absolute Gasteiger partial charge is 0.477 e. The lowest BCUT2D eigenvalue weighted by atomic mass is 10.3. The number of ether oxygens (including phenoxy) is 1. The molecule has 0 spiro atoms. The van der Waals surface area contributed by atoms with Crippen LogP contribution in [0.3, 0.4) is 0 Å². The Hall–Kier alpha value is -1.38. The maximum absolute atomic E-state index is 7.52. The number of nitrogens with zero attached hydrogens (tertiary/aromatic N) is 1. The summed E-state index contributed by atoms with van der Waals surface area (Å²) in [6.07, 6.45) is 3.72. The first-order valence-electron chi connectivity index (χ1n) is 4.47. The molecule has 0 saturated heterocycles. The first-order chi connectivity index (χ1) is 6.34. The maximum Gasteiger partial charge on any atom is 0.232 e. The molecule has 0 unspecified atom stereocenters. The number of rotatable bonds is 4. The van der Waals surface area contributed by atoms with Crippen molar-refractivity contribution in [2.24, 2.45) is 0 Å². The number of aromatic nitrogens is 1. The van der Waals surface area contributed by atoms with Crippen LogP contribution in [0, 0.1) is 5.41 Å². The fourth-order valence-corrected chi connectivity index (χ4v) is 0.890. The highest BCUT2D eigenvalue weighted by atomic mass is 16.5. The molecule has 0 amide bonds. The fraction of sp³-hybridized carbons (Fsp3) is 0.400. The lowest BCUT2D eigenvalue weighted by Crippen LogP contribution is -2.07. The van der Waals surface area contributed by atoms with E-state index in [-0.39, 0.29) is 5.90 Å². The summed E-state index contributed by atoms with van der Waals surface area (Å²) in [5, 5.41) is 7.52. The SMILES string of the molecule is CCCCOC(=N)c1ccccn1. The highest BCUT2D eigenvalue weighted by Crippen LogP contribution is 1.97. The third-order valence-electron chi connectivity index (χ3n) is 1.64. The number of unbranched alkanes of at least 4 members (excludes halogenated alkanes) is 1. The Morgan fingerprint density at radius 2 is 2.38 bits per heavy atom. The monoisotopic (exact) mass is 178 g/mol. The van der Waals surface area contributed by atoms with Gasteiger partial charge in [-0.25, -0.2) is 0 Å². The predicted octanol–water partition coefficient (Wildman–Crippen LogP) is 2.22. The van der Waals surface area contributed by atoms with Gasteiger partial charge in [-0.05, 0) is 18.6 Å². The molecular weight excluding hydrogens is 164 g/mol. The minimum Gasteiger partial charge on any atom is -0.477 e.